The van der Waals surface area contributed by atoms with E-state index in [1.54, 1.807) is 13.1 Å². The van der Waals surface area contributed by atoms with E-state index in [4.69, 9.17) is 27.5 Å². The van der Waals surface area contributed by atoms with Crippen molar-refractivity contribution in [3.8, 4) is 0 Å². The second-order valence-electron chi connectivity index (χ2n) is 7.23. The second kappa shape index (κ2) is 16.0. The summed E-state index contributed by atoms with van der Waals surface area (Å²) in [7, 11) is -8.47. The monoisotopic (exact) mass is 464 g/mol. The summed E-state index contributed by atoms with van der Waals surface area (Å²) < 4.78 is 30.9. The van der Waals surface area contributed by atoms with Crippen LogP contribution in [0, 0.1) is 0 Å². The van der Waals surface area contributed by atoms with Crippen LogP contribution < -0.4 is 0 Å². The second-order valence-corrected chi connectivity index (χ2v) is 17.7. The fourth-order valence-corrected chi connectivity index (χ4v) is 12.2. The van der Waals surface area contributed by atoms with E-state index in [0.717, 1.165) is 0 Å². The van der Waals surface area contributed by atoms with Crippen LogP contribution in [0.15, 0.2) is 0 Å². The molecule has 28 heavy (non-hydrogen) atoms. The number of aliphatic hydroxyl groups excluding tert-OH is 2. The van der Waals surface area contributed by atoms with Gasteiger partial charge in [-0.25, -0.2) is 0 Å². The highest BCUT2D eigenvalue weighted by molar-refractivity contribution is 6.84. The number of ether oxygens (including phenoxy) is 4. The Hall–Kier alpha value is 0.251. The first-order valence-corrected chi connectivity index (χ1v) is 17.5. The van der Waals surface area contributed by atoms with E-state index in [2.05, 4.69) is 4.74 Å². The maximum Gasteiger partial charge on any atom is 0.513 e. The molecule has 1 unspecified atom stereocenters. The molecule has 0 aliphatic rings. The molecule has 0 heterocycles. The SMILES string of the molecule is CCOCO.CCOCOCC(O)COC[Si](O)(O)O[Si](C)(C)O[Si](C)(C)C. The summed E-state index contributed by atoms with van der Waals surface area (Å²) in [6.45, 7) is 14.3. The zero-order valence-corrected chi connectivity index (χ0v) is 21.3. The zero-order valence-electron chi connectivity index (χ0n) is 18.3. The van der Waals surface area contributed by atoms with Crippen molar-refractivity contribution >= 4 is 25.7 Å². The van der Waals surface area contributed by atoms with E-state index in [1.807, 2.05) is 33.5 Å². The molecule has 0 amide bonds. The van der Waals surface area contributed by atoms with Gasteiger partial charge in [0, 0.05) is 13.2 Å². The Morgan fingerprint density at radius 2 is 1.32 bits per heavy atom. The predicted octanol–water partition coefficient (Wildman–Crippen LogP) is 0.380. The third-order valence-electron chi connectivity index (χ3n) is 2.54. The van der Waals surface area contributed by atoms with Crippen molar-refractivity contribution in [1.82, 2.24) is 0 Å². The number of hydrogen-bond donors (Lipinski definition) is 4. The molecule has 0 aliphatic heterocycles. The third-order valence-corrected chi connectivity index (χ3v) is 10.8. The van der Waals surface area contributed by atoms with Gasteiger partial charge in [0.2, 0.25) is 0 Å². The molecule has 1 atom stereocenters. The molecule has 0 saturated heterocycles. The Morgan fingerprint density at radius 1 is 0.786 bits per heavy atom. The van der Waals surface area contributed by atoms with Crippen LogP contribution in [-0.4, -0.2) is 97.8 Å². The number of rotatable bonds is 15. The van der Waals surface area contributed by atoms with Gasteiger partial charge in [-0.15, -0.1) is 0 Å². The van der Waals surface area contributed by atoms with E-state index in [-0.39, 0.29) is 33.0 Å². The lowest BCUT2D eigenvalue weighted by atomic mass is 10.4. The van der Waals surface area contributed by atoms with Crippen LogP contribution in [0.25, 0.3) is 0 Å². The Bertz CT molecular complexity index is 364. The van der Waals surface area contributed by atoms with Crippen molar-refractivity contribution in [2.45, 2.75) is 52.7 Å². The molecule has 0 fully saturated rings. The van der Waals surface area contributed by atoms with Gasteiger partial charge in [-0.2, -0.15) is 0 Å². The summed E-state index contributed by atoms with van der Waals surface area (Å²) in [5, 5.41) is 17.5. The van der Waals surface area contributed by atoms with Gasteiger partial charge >= 0.3 is 17.4 Å². The molecule has 0 rings (SSSR count). The van der Waals surface area contributed by atoms with Crippen LogP contribution in [0.4, 0.5) is 0 Å². The van der Waals surface area contributed by atoms with E-state index >= 15 is 0 Å². The minimum atomic E-state index is -3.99. The average molecular weight is 465 g/mol. The maximum atomic E-state index is 9.99. The molecule has 13 heteroatoms. The van der Waals surface area contributed by atoms with Crippen LogP contribution in [0.5, 0.6) is 0 Å². The lowest BCUT2D eigenvalue weighted by Gasteiger charge is -2.34. The van der Waals surface area contributed by atoms with Crippen LogP contribution in [-0.2, 0) is 27.2 Å². The summed E-state index contributed by atoms with van der Waals surface area (Å²) in [4.78, 5) is 20.0. The van der Waals surface area contributed by atoms with Gasteiger partial charge < -0.3 is 47.0 Å². The summed E-state index contributed by atoms with van der Waals surface area (Å²) >= 11 is 0. The lowest BCUT2D eigenvalue weighted by molar-refractivity contribution is -0.0881. The number of hydrogen-bond acceptors (Lipinski definition) is 10. The minimum Gasteiger partial charge on any atom is -0.437 e. The van der Waals surface area contributed by atoms with Crippen molar-refractivity contribution in [2.75, 3.05) is 46.2 Å². The fraction of sp³-hybridized carbons (Fsp3) is 1.00. The Balaban J connectivity index is 0. The van der Waals surface area contributed by atoms with Gasteiger partial charge in [-0.05, 0) is 46.6 Å². The van der Waals surface area contributed by atoms with Crippen LogP contribution in [0.2, 0.25) is 32.7 Å². The molecule has 0 aromatic rings. The standard InChI is InChI=1S/C12H32O8Si3.C3H8O2/c1-7-16-10-17-8-12(13)9-18-11-23(14,15)20-22(5,6)19-21(2,3)4;1-2-5-3-4/h12-15H,7-11H2,1-6H3;4H,2-3H2,1H3. The first-order chi connectivity index (χ1) is 12.8. The van der Waals surface area contributed by atoms with Gasteiger partial charge in [-0.1, -0.05) is 0 Å². The van der Waals surface area contributed by atoms with E-state index in [1.165, 1.54) is 0 Å². The smallest absolute Gasteiger partial charge is 0.437 e. The highest BCUT2D eigenvalue weighted by Gasteiger charge is 2.43. The topological polar surface area (TPSA) is 136 Å². The molecule has 0 aromatic heterocycles. The largest absolute Gasteiger partial charge is 0.513 e. The van der Waals surface area contributed by atoms with Crippen LogP contribution >= 0.6 is 0 Å². The number of aliphatic hydroxyl groups is 2. The lowest BCUT2D eigenvalue weighted by Crippen LogP contribution is -2.57. The molecule has 0 spiro atoms. The van der Waals surface area contributed by atoms with Crippen LogP contribution in [0.1, 0.15) is 13.8 Å². The highest BCUT2D eigenvalue weighted by Crippen LogP contribution is 2.18. The molecular weight excluding hydrogens is 424 g/mol. The van der Waals surface area contributed by atoms with Crippen LogP contribution in [0.3, 0.4) is 0 Å². The van der Waals surface area contributed by atoms with Crippen molar-refractivity contribution in [2.24, 2.45) is 0 Å². The molecule has 4 N–H and O–H groups in total. The maximum absolute atomic E-state index is 9.99. The molecule has 10 nitrogen and oxygen atoms in total. The molecule has 0 aliphatic carbocycles. The normalized spacial score (nSPS) is 13.8. The Kier molecular flexibility index (Phi) is 17.4. The third kappa shape index (κ3) is 22.5. The molecule has 0 radical (unpaired) electrons. The first-order valence-electron chi connectivity index (χ1n) is 9.23. The van der Waals surface area contributed by atoms with Crippen molar-refractivity contribution in [3.05, 3.63) is 0 Å². The van der Waals surface area contributed by atoms with E-state index in [9.17, 15) is 14.7 Å². The summed E-state index contributed by atoms with van der Waals surface area (Å²) in [6.07, 6.45) is -1.23. The summed E-state index contributed by atoms with van der Waals surface area (Å²) in [5.74, 6) is 0. The Labute approximate surface area is 172 Å². The van der Waals surface area contributed by atoms with Gasteiger partial charge in [0.25, 0.3) is 0 Å². The minimum absolute atomic E-state index is 0.0469. The molecule has 0 saturated carbocycles. The fourth-order valence-electron chi connectivity index (χ4n) is 1.98. The van der Waals surface area contributed by atoms with Gasteiger partial charge in [0.1, 0.15) is 25.9 Å². The van der Waals surface area contributed by atoms with Crippen molar-refractivity contribution in [1.29, 1.82) is 0 Å². The van der Waals surface area contributed by atoms with Crippen molar-refractivity contribution in [3.63, 3.8) is 0 Å². The quantitative estimate of drug-likeness (QED) is 0.153. The average Bonchev–Trinajstić information content (AvgIpc) is 2.49. The molecule has 172 valence electrons. The Morgan fingerprint density at radius 3 is 1.75 bits per heavy atom. The predicted molar refractivity (Wildman–Crippen MR) is 111 cm³/mol. The van der Waals surface area contributed by atoms with Gasteiger partial charge in [0.05, 0.1) is 13.2 Å². The summed E-state index contributed by atoms with van der Waals surface area (Å²) in [5.41, 5.74) is 0. The first kappa shape index (κ1) is 30.4. The van der Waals surface area contributed by atoms with Gasteiger partial charge in [-0.3, -0.25) is 0 Å². The molecule has 0 aromatic carbocycles. The van der Waals surface area contributed by atoms with Gasteiger partial charge in [0.15, 0.2) is 8.32 Å². The van der Waals surface area contributed by atoms with E-state index < -0.39 is 31.8 Å². The highest BCUT2D eigenvalue weighted by atomic mass is 28.5. The summed E-state index contributed by atoms with van der Waals surface area (Å²) in [6, 6.07) is 0. The molecule has 0 bridgehead atoms. The van der Waals surface area contributed by atoms with E-state index in [0.29, 0.717) is 13.2 Å². The zero-order chi connectivity index (χ0) is 22.3. The van der Waals surface area contributed by atoms with Crippen molar-refractivity contribution < 1.29 is 47.0 Å². The molecular formula is C15H40O10Si3.